The van der Waals surface area contributed by atoms with Gasteiger partial charge in [0.2, 0.25) is 7.98 Å². The van der Waals surface area contributed by atoms with Crippen molar-refractivity contribution < 1.29 is 29.8 Å². The van der Waals surface area contributed by atoms with E-state index in [9.17, 15) is 4.79 Å². The number of amides is 1. The smallest absolute Gasteiger partial charge is 0.259 e. The number of hydrogen-bond donors (Lipinski definition) is 2. The Morgan fingerprint density at radius 3 is 2.61 bits per heavy atom. The number of benzene rings is 1. The molecule has 1 saturated heterocycles. The summed E-state index contributed by atoms with van der Waals surface area (Å²) in [5, 5.41) is 6.33. The van der Waals surface area contributed by atoms with Crippen molar-refractivity contribution >= 4 is 31.4 Å². The minimum absolute atomic E-state index is 0.0677. The molecule has 1 amide bonds. The van der Waals surface area contributed by atoms with Crippen LogP contribution in [0.4, 0.5) is 5.82 Å². The zero-order valence-corrected chi connectivity index (χ0v) is 27.0. The number of fused-ring (bicyclic) bond motifs is 1. The highest BCUT2D eigenvalue weighted by Gasteiger charge is 2.48. The lowest BCUT2D eigenvalue weighted by molar-refractivity contribution is -0.0644. The van der Waals surface area contributed by atoms with Crippen molar-refractivity contribution in [1.82, 2.24) is 24.2 Å². The molecule has 4 rings (SSSR count). The fourth-order valence-electron chi connectivity index (χ4n) is 4.78. The normalized spacial score (nSPS) is 21.1. The largest absolute Gasteiger partial charge is 0.400 e. The summed E-state index contributed by atoms with van der Waals surface area (Å²) < 4.78 is 43.5. The zero-order valence-electron chi connectivity index (χ0n) is 28.1. The summed E-state index contributed by atoms with van der Waals surface area (Å²) in [6.07, 6.45) is 1.13. The summed E-state index contributed by atoms with van der Waals surface area (Å²) in [6.45, 7) is 18.3. The summed E-state index contributed by atoms with van der Waals surface area (Å²) in [4.78, 5) is 29.5. The zero-order chi connectivity index (χ0) is 33.6. The number of aliphatic hydroxyl groups excluding tert-OH is 1. The molecule has 0 spiro atoms. The number of anilines is 1. The Kier molecular flexibility index (Phi) is 12.8. The van der Waals surface area contributed by atoms with E-state index >= 15 is 0 Å². The Morgan fingerprint density at radius 1 is 1.25 bits per heavy atom. The highest BCUT2D eigenvalue weighted by Crippen LogP contribution is 2.50. The van der Waals surface area contributed by atoms with Gasteiger partial charge in [-0.3, -0.25) is 9.36 Å². The van der Waals surface area contributed by atoms with E-state index in [1.54, 1.807) is 35.2 Å². The second-order valence-corrected chi connectivity index (χ2v) is 11.8. The van der Waals surface area contributed by atoms with Crippen LogP contribution >= 0.6 is 8.53 Å². The fourth-order valence-corrected chi connectivity index (χ4v) is 6.54. The highest BCUT2D eigenvalue weighted by molar-refractivity contribution is 7.44. The molecule has 2 aromatic heterocycles. The molecule has 3 unspecified atom stereocenters. The van der Waals surface area contributed by atoms with E-state index in [4.69, 9.17) is 27.9 Å². The van der Waals surface area contributed by atoms with Crippen molar-refractivity contribution in [3.05, 3.63) is 60.0 Å². The molecule has 3 aromatic rings. The molecule has 13 nitrogen and oxygen atoms in total. The second kappa shape index (κ2) is 17.4. The lowest BCUT2D eigenvalue weighted by Gasteiger charge is -2.37. The van der Waals surface area contributed by atoms with E-state index in [1.807, 2.05) is 13.0 Å². The van der Waals surface area contributed by atoms with Crippen LogP contribution in [0.5, 0.6) is 0 Å². The van der Waals surface area contributed by atoms with Crippen molar-refractivity contribution in [3.8, 4) is 0 Å². The predicted octanol–water partition coefficient (Wildman–Crippen LogP) is 5.07. The number of nitrogens with one attached hydrogen (secondary N) is 1. The molecule has 14 heteroatoms. The molecular weight excluding hydrogens is 585 g/mol. The molecule has 3 heterocycles. The molecule has 0 bridgehead atoms. The van der Waals surface area contributed by atoms with Gasteiger partial charge in [-0.2, -0.15) is 0 Å². The quantitative estimate of drug-likeness (QED) is 0.141. The van der Waals surface area contributed by atoms with Gasteiger partial charge in [-0.05, 0) is 53.1 Å². The molecule has 0 saturated carbocycles. The molecule has 0 radical (unpaired) electrons. The SMILES string of the molecule is [2H]C[C@H]1O[C@@H](n2cnc3c(NC(=O)c4ccccc4)ncnc32)C(OCCC)C1OP(OCC[N+]#[C-])N(C(C)C)C(C)C.[3H]OC. The maximum absolute atomic E-state index is 12.8. The number of carbonyl (C=O) groups excluding carboxylic acids is 1. The monoisotopic (exact) mass is 632 g/mol. The van der Waals surface area contributed by atoms with Crippen molar-refractivity contribution in [2.45, 2.75) is 84.6 Å². The van der Waals surface area contributed by atoms with Gasteiger partial charge in [0, 0.05) is 32.7 Å². The number of aromatic nitrogens is 4. The van der Waals surface area contributed by atoms with Gasteiger partial charge in [0.15, 0.2) is 23.2 Å². The van der Waals surface area contributed by atoms with Crippen molar-refractivity contribution in [1.29, 1.82) is 1.43 Å². The minimum atomic E-state index is -1.60. The van der Waals surface area contributed by atoms with Crippen LogP contribution in [0.3, 0.4) is 0 Å². The van der Waals surface area contributed by atoms with E-state index < -0.39 is 33.1 Å². The molecule has 1 fully saturated rings. The first-order valence-corrected chi connectivity index (χ1v) is 15.7. The van der Waals surface area contributed by atoms with Gasteiger partial charge in [0.25, 0.3) is 14.4 Å². The average Bonchev–Trinajstić information content (AvgIpc) is 3.62. The first kappa shape index (κ1) is 32.3. The standard InChI is InChI=1S/C29H40N7O5P.CH4O/c1-8-15-38-25-24(41-42(39-16-14-30-7)36(19(2)3)20(4)5)21(6)40-29(25)35-18-33-23-26(31-17-32-27(23)35)34-28(37)22-12-10-9-11-13-22;1-2/h9-13,17-21,24-25,29H,8,14-16H2,1-6H3,(H,31,32,34,37);2H,1H3/t21-,24?,25?,29-,42?;/m1./s1/i6D;2T. The first-order chi connectivity index (χ1) is 22.2. The van der Waals surface area contributed by atoms with Gasteiger partial charge in [0.1, 0.15) is 25.1 Å². The van der Waals surface area contributed by atoms with Crippen molar-refractivity contribution in [2.24, 2.45) is 0 Å². The first-order valence-electron chi connectivity index (χ1n) is 15.6. The van der Waals surface area contributed by atoms with Crippen molar-refractivity contribution in [2.75, 3.05) is 32.2 Å². The van der Waals surface area contributed by atoms with Gasteiger partial charge in [0.05, 0.1) is 12.4 Å². The fraction of sp³-hybridized carbons (Fsp3) is 0.567. The second-order valence-electron chi connectivity index (χ2n) is 10.4. The Morgan fingerprint density at radius 2 is 1.98 bits per heavy atom. The minimum Gasteiger partial charge on any atom is -0.400 e. The van der Waals surface area contributed by atoms with Gasteiger partial charge >= 0.3 is 0 Å². The maximum Gasteiger partial charge on any atom is 0.259 e. The summed E-state index contributed by atoms with van der Waals surface area (Å²) >= 11 is 0. The van der Waals surface area contributed by atoms with E-state index in [0.717, 1.165) is 6.42 Å². The van der Waals surface area contributed by atoms with Crippen LogP contribution in [0.2, 0.25) is 0 Å². The Balaban J connectivity index is 0.00000185. The third-order valence-corrected chi connectivity index (χ3v) is 8.69. The topological polar surface area (TPSA) is 137 Å². The van der Waals surface area contributed by atoms with Gasteiger partial charge in [-0.25, -0.2) is 26.2 Å². The van der Waals surface area contributed by atoms with Crippen LogP contribution < -0.4 is 5.32 Å². The molecule has 1 aromatic carbocycles. The molecule has 5 atom stereocenters. The molecule has 1 aliphatic rings. The van der Waals surface area contributed by atoms with Crippen LogP contribution in [0.1, 0.15) is 65.9 Å². The van der Waals surface area contributed by atoms with Crippen molar-refractivity contribution in [3.63, 3.8) is 0 Å². The summed E-state index contributed by atoms with van der Waals surface area (Å²) in [5.41, 5.74) is 1.33. The van der Waals surface area contributed by atoms with Crippen LogP contribution in [0.15, 0.2) is 43.0 Å². The number of aliphatic hydroxyl groups is 1. The van der Waals surface area contributed by atoms with Crippen LogP contribution in [-0.4, -0.2) is 93.9 Å². The molecule has 44 heavy (non-hydrogen) atoms. The number of ether oxygens (including phenoxy) is 2. The highest BCUT2D eigenvalue weighted by atomic mass is 31.2. The maximum atomic E-state index is 12.8. The Bertz CT molecular complexity index is 1390. The molecular formula is C30H44N7O6P. The number of nitrogens with zero attached hydrogens (tertiary/aromatic N) is 6. The van der Waals surface area contributed by atoms with Crippen LogP contribution in [-0.2, 0) is 18.5 Å². The van der Waals surface area contributed by atoms with Crippen LogP contribution in [0, 0.1) is 6.57 Å². The van der Waals surface area contributed by atoms with Gasteiger partial charge in [-0.1, -0.05) is 25.1 Å². The lowest BCUT2D eigenvalue weighted by Crippen LogP contribution is -2.39. The van der Waals surface area contributed by atoms with Gasteiger partial charge < -0.3 is 33.8 Å². The van der Waals surface area contributed by atoms with Crippen LogP contribution in [0.25, 0.3) is 16.0 Å². The number of imidazole rings is 1. The van der Waals surface area contributed by atoms with E-state index in [-0.39, 0.29) is 43.9 Å². The Labute approximate surface area is 263 Å². The number of hydrogen-bond acceptors (Lipinski definition) is 10. The summed E-state index contributed by atoms with van der Waals surface area (Å²) in [7, 11) is -0.308. The molecule has 2 N–H and O–H groups in total. The summed E-state index contributed by atoms with van der Waals surface area (Å²) in [6, 6.07) is 9.08. The Hall–Kier alpha value is -3.08. The third kappa shape index (κ3) is 8.55. The van der Waals surface area contributed by atoms with Gasteiger partial charge in [-0.15, -0.1) is 0 Å². The molecule has 1 aliphatic heterocycles. The molecule has 240 valence electrons. The van der Waals surface area contributed by atoms with E-state index in [2.05, 4.69) is 62.6 Å². The predicted molar refractivity (Wildman–Crippen MR) is 169 cm³/mol. The average molecular weight is 633 g/mol. The summed E-state index contributed by atoms with van der Waals surface area (Å²) in [5.74, 6) is -0.0432. The third-order valence-electron chi connectivity index (χ3n) is 6.56. The number of carbonyl (C=O) groups is 1. The van der Waals surface area contributed by atoms with E-state index in [0.29, 0.717) is 23.3 Å². The van der Waals surface area contributed by atoms with E-state index in [1.165, 1.54) is 13.4 Å². The lowest BCUT2D eigenvalue weighted by atomic mass is 10.1. The number of rotatable bonds is 14. The molecule has 0 aliphatic carbocycles.